The number of nitrogens with two attached hydrogens (primary N) is 1. The van der Waals surface area contributed by atoms with Gasteiger partial charge in [0.25, 0.3) is 5.91 Å². The lowest BCUT2D eigenvalue weighted by Crippen LogP contribution is -2.44. The number of hydrogen-bond donors (Lipinski definition) is 1. The number of nitrogens with zero attached hydrogens (tertiary/aromatic N) is 1. The van der Waals surface area contributed by atoms with Crippen molar-refractivity contribution < 1.29 is 14.3 Å². The maximum Gasteiger partial charge on any atom is 0.256 e. The molecule has 2 aliphatic rings. The van der Waals surface area contributed by atoms with E-state index in [9.17, 15) is 4.79 Å². The maximum absolute atomic E-state index is 12.5. The molecule has 5 heteroatoms. The number of fused-ring (bicyclic) bond motifs is 1. The molecule has 1 amide bonds. The molecule has 1 aromatic carbocycles. The number of rotatable bonds is 2. The zero-order valence-corrected chi connectivity index (χ0v) is 10.7. The molecule has 19 heavy (non-hydrogen) atoms. The Morgan fingerprint density at radius 1 is 1.37 bits per heavy atom. The highest BCUT2D eigenvalue weighted by atomic mass is 16.5. The normalized spacial score (nSPS) is 25.8. The molecule has 0 bridgehead atoms. The summed E-state index contributed by atoms with van der Waals surface area (Å²) in [6.07, 6.45) is 1.27. The van der Waals surface area contributed by atoms with Gasteiger partial charge in [-0.05, 0) is 25.0 Å². The van der Waals surface area contributed by atoms with Crippen molar-refractivity contribution in [1.29, 1.82) is 0 Å². The van der Waals surface area contributed by atoms with Crippen LogP contribution in [0.4, 0.5) is 5.69 Å². The van der Waals surface area contributed by atoms with Crippen LogP contribution in [0.2, 0.25) is 0 Å². The van der Waals surface area contributed by atoms with Crippen LogP contribution in [0, 0.1) is 0 Å². The molecule has 0 saturated carbocycles. The highest BCUT2D eigenvalue weighted by Gasteiger charge is 2.35. The Hall–Kier alpha value is -1.59. The quantitative estimate of drug-likeness (QED) is 0.860. The topological polar surface area (TPSA) is 64.8 Å². The third kappa shape index (κ3) is 2.31. The molecule has 0 radical (unpaired) electrons. The summed E-state index contributed by atoms with van der Waals surface area (Å²) in [6.45, 7) is 1.57. The Morgan fingerprint density at radius 3 is 3.00 bits per heavy atom. The Labute approximate surface area is 112 Å². The summed E-state index contributed by atoms with van der Waals surface area (Å²) in [7, 11) is 0. The Kier molecular flexibility index (Phi) is 3.40. The smallest absolute Gasteiger partial charge is 0.256 e. The molecule has 2 N–H and O–H groups in total. The largest absolute Gasteiger partial charge is 0.490 e. The van der Waals surface area contributed by atoms with Crippen LogP contribution < -0.4 is 15.4 Å². The summed E-state index contributed by atoms with van der Waals surface area (Å²) in [5.41, 5.74) is 6.41. The molecule has 2 aliphatic heterocycles. The van der Waals surface area contributed by atoms with Crippen LogP contribution in [0.3, 0.4) is 0 Å². The van der Waals surface area contributed by atoms with E-state index in [4.69, 9.17) is 15.2 Å². The molecule has 102 valence electrons. The molecule has 2 atom stereocenters. The van der Waals surface area contributed by atoms with E-state index < -0.39 is 0 Å². The van der Waals surface area contributed by atoms with Crippen molar-refractivity contribution >= 4 is 11.6 Å². The third-order valence-electron chi connectivity index (χ3n) is 3.64. The summed E-state index contributed by atoms with van der Waals surface area (Å²) in [5.74, 6) is 0.780. The van der Waals surface area contributed by atoms with Gasteiger partial charge in [-0.1, -0.05) is 12.1 Å². The van der Waals surface area contributed by atoms with Crippen LogP contribution in [0.1, 0.15) is 12.8 Å². The summed E-state index contributed by atoms with van der Waals surface area (Å²) in [4.78, 5) is 14.3. The molecule has 1 fully saturated rings. The van der Waals surface area contributed by atoms with E-state index in [1.54, 1.807) is 4.90 Å². The Morgan fingerprint density at radius 2 is 2.21 bits per heavy atom. The van der Waals surface area contributed by atoms with Gasteiger partial charge in [-0.25, -0.2) is 0 Å². The fraction of sp³-hybridized carbons (Fsp3) is 0.500. The van der Waals surface area contributed by atoms with E-state index in [0.717, 1.165) is 24.3 Å². The summed E-state index contributed by atoms with van der Waals surface area (Å²) in [6, 6.07) is 7.60. The predicted molar refractivity (Wildman–Crippen MR) is 71.2 cm³/mol. The second-order valence-corrected chi connectivity index (χ2v) is 4.87. The van der Waals surface area contributed by atoms with Crippen LogP contribution in [0.5, 0.6) is 5.75 Å². The van der Waals surface area contributed by atoms with Crippen molar-refractivity contribution in [1.82, 2.24) is 0 Å². The predicted octanol–water partition coefficient (Wildman–Crippen LogP) is 0.918. The van der Waals surface area contributed by atoms with Gasteiger partial charge in [0, 0.05) is 6.54 Å². The number of carbonyl (C=O) groups excluding carboxylic acids is 1. The number of ether oxygens (including phenoxy) is 2. The zero-order valence-electron chi connectivity index (χ0n) is 10.7. The third-order valence-corrected chi connectivity index (χ3v) is 3.64. The van der Waals surface area contributed by atoms with E-state index in [-0.39, 0.29) is 18.1 Å². The summed E-state index contributed by atoms with van der Waals surface area (Å²) < 4.78 is 11.2. The maximum atomic E-state index is 12.5. The zero-order chi connectivity index (χ0) is 13.2. The second kappa shape index (κ2) is 5.19. The van der Waals surface area contributed by atoms with Gasteiger partial charge in [0.2, 0.25) is 0 Å². The van der Waals surface area contributed by atoms with Crippen LogP contribution in [0.25, 0.3) is 0 Å². The molecule has 2 heterocycles. The van der Waals surface area contributed by atoms with Crippen LogP contribution in [-0.2, 0) is 9.53 Å². The molecular weight excluding hydrogens is 244 g/mol. The minimum Gasteiger partial charge on any atom is -0.490 e. The van der Waals surface area contributed by atoms with Gasteiger partial charge < -0.3 is 20.1 Å². The molecule has 3 rings (SSSR count). The van der Waals surface area contributed by atoms with E-state index in [1.165, 1.54) is 0 Å². The second-order valence-electron chi connectivity index (χ2n) is 4.87. The first-order valence-electron chi connectivity index (χ1n) is 6.68. The van der Waals surface area contributed by atoms with Crippen LogP contribution in [-0.4, -0.2) is 37.8 Å². The first kappa shape index (κ1) is 12.4. The number of para-hydroxylation sites is 2. The molecule has 1 saturated heterocycles. The van der Waals surface area contributed by atoms with Crippen molar-refractivity contribution in [3.63, 3.8) is 0 Å². The van der Waals surface area contributed by atoms with Gasteiger partial charge in [0.1, 0.15) is 18.5 Å². The molecule has 2 unspecified atom stereocenters. The first-order chi connectivity index (χ1) is 9.29. The van der Waals surface area contributed by atoms with E-state index in [2.05, 4.69) is 0 Å². The highest BCUT2D eigenvalue weighted by molar-refractivity contribution is 5.98. The van der Waals surface area contributed by atoms with Gasteiger partial charge in [0.15, 0.2) is 0 Å². The standard InChI is InChI=1S/C14H18N2O3/c15-9-10-5-6-13(19-10)14(17)16-7-8-18-12-4-2-1-3-11(12)16/h1-4,10,13H,5-9,15H2. The van der Waals surface area contributed by atoms with Gasteiger partial charge in [-0.3, -0.25) is 4.79 Å². The average Bonchev–Trinajstić information content (AvgIpc) is 2.95. The van der Waals surface area contributed by atoms with Crippen molar-refractivity contribution in [3.8, 4) is 5.75 Å². The molecular formula is C14H18N2O3. The van der Waals surface area contributed by atoms with E-state index in [0.29, 0.717) is 19.7 Å². The van der Waals surface area contributed by atoms with Gasteiger partial charge in [-0.2, -0.15) is 0 Å². The SMILES string of the molecule is NCC1CCC(C(=O)N2CCOc3ccccc32)O1. The monoisotopic (exact) mass is 262 g/mol. The lowest BCUT2D eigenvalue weighted by Gasteiger charge is -2.31. The Bertz CT molecular complexity index is 478. The van der Waals surface area contributed by atoms with E-state index >= 15 is 0 Å². The lowest BCUT2D eigenvalue weighted by atomic mass is 10.1. The number of benzene rings is 1. The highest BCUT2D eigenvalue weighted by Crippen LogP contribution is 2.32. The fourth-order valence-corrected chi connectivity index (χ4v) is 2.63. The fourth-order valence-electron chi connectivity index (χ4n) is 2.63. The lowest BCUT2D eigenvalue weighted by molar-refractivity contribution is -0.129. The summed E-state index contributed by atoms with van der Waals surface area (Å²) >= 11 is 0. The first-order valence-corrected chi connectivity index (χ1v) is 6.68. The summed E-state index contributed by atoms with van der Waals surface area (Å²) in [5, 5.41) is 0. The molecule has 0 aliphatic carbocycles. The minimum atomic E-state index is -0.361. The number of anilines is 1. The molecule has 0 aromatic heterocycles. The van der Waals surface area contributed by atoms with Crippen molar-refractivity contribution in [3.05, 3.63) is 24.3 Å². The van der Waals surface area contributed by atoms with E-state index in [1.807, 2.05) is 24.3 Å². The number of carbonyl (C=O) groups is 1. The molecule has 0 spiro atoms. The van der Waals surface area contributed by atoms with Gasteiger partial charge in [0.05, 0.1) is 18.3 Å². The Balaban J connectivity index is 1.78. The van der Waals surface area contributed by atoms with Crippen LogP contribution >= 0.6 is 0 Å². The van der Waals surface area contributed by atoms with Crippen molar-refractivity contribution in [2.45, 2.75) is 25.0 Å². The van der Waals surface area contributed by atoms with Crippen molar-refractivity contribution in [2.75, 3.05) is 24.6 Å². The van der Waals surface area contributed by atoms with Gasteiger partial charge in [-0.15, -0.1) is 0 Å². The number of amides is 1. The molecule has 5 nitrogen and oxygen atoms in total. The van der Waals surface area contributed by atoms with Gasteiger partial charge >= 0.3 is 0 Å². The minimum absolute atomic E-state index is 0.0187. The molecule has 1 aromatic rings. The van der Waals surface area contributed by atoms with Crippen molar-refractivity contribution in [2.24, 2.45) is 5.73 Å². The average molecular weight is 262 g/mol. The van der Waals surface area contributed by atoms with Crippen LogP contribution in [0.15, 0.2) is 24.3 Å². The number of hydrogen-bond acceptors (Lipinski definition) is 4.